The van der Waals surface area contributed by atoms with Crippen LogP contribution in [0.5, 0.6) is 0 Å². The predicted octanol–water partition coefficient (Wildman–Crippen LogP) is 2.40. The normalized spacial score (nSPS) is 26.2. The number of ether oxygens (including phenoxy) is 6. The number of carbonyl (C=O) groups is 4. The second kappa shape index (κ2) is 10.4. The summed E-state index contributed by atoms with van der Waals surface area (Å²) in [6.07, 6.45) is -6.99. The van der Waals surface area contributed by atoms with Gasteiger partial charge < -0.3 is 28.4 Å². The van der Waals surface area contributed by atoms with Crippen molar-refractivity contribution in [1.29, 1.82) is 0 Å². The summed E-state index contributed by atoms with van der Waals surface area (Å²) < 4.78 is 32.8. The number of carbonyl (C=O) groups excluding carboxylic acids is 4. The van der Waals surface area contributed by atoms with E-state index in [9.17, 15) is 19.2 Å². The van der Waals surface area contributed by atoms with Gasteiger partial charge in [-0.05, 0) is 62.3 Å². The van der Waals surface area contributed by atoms with Gasteiger partial charge in [0, 0.05) is 7.11 Å². The summed E-state index contributed by atoms with van der Waals surface area (Å²) in [7, 11) is 2.42. The summed E-state index contributed by atoms with van der Waals surface area (Å²) in [5, 5.41) is 0. The first-order valence-electron chi connectivity index (χ1n) is 10.7. The Morgan fingerprint density at radius 3 is 1.30 bits per heavy atom. The highest BCUT2D eigenvalue weighted by Crippen LogP contribution is 2.34. The molecule has 0 N–H and O–H groups in total. The molecule has 1 aliphatic rings. The van der Waals surface area contributed by atoms with Gasteiger partial charge in [0.05, 0.1) is 23.4 Å². The van der Waals surface area contributed by atoms with Crippen molar-refractivity contribution in [3.8, 4) is 0 Å². The molecule has 33 heavy (non-hydrogen) atoms. The lowest BCUT2D eigenvalue weighted by molar-refractivity contribution is -0.300. The van der Waals surface area contributed by atoms with Crippen LogP contribution in [-0.4, -0.2) is 68.8 Å². The first-order valence-corrected chi connectivity index (χ1v) is 10.7. The number of rotatable bonds is 5. The molecule has 0 spiro atoms. The van der Waals surface area contributed by atoms with Gasteiger partial charge >= 0.3 is 23.9 Å². The predicted molar refractivity (Wildman–Crippen MR) is 116 cm³/mol. The van der Waals surface area contributed by atoms with E-state index in [0.717, 1.165) is 7.11 Å². The molecule has 0 amide bonds. The Kier molecular flexibility index (Phi) is 9.07. The molecule has 0 aromatic rings. The fraction of sp³-hybridized carbons (Fsp3) is 0.826. The van der Waals surface area contributed by atoms with Gasteiger partial charge in [0.2, 0.25) is 0 Å². The fourth-order valence-electron chi connectivity index (χ4n) is 2.60. The minimum absolute atomic E-state index is 0.632. The van der Waals surface area contributed by atoms with Crippen molar-refractivity contribution in [3.05, 3.63) is 0 Å². The number of hydrogen-bond acceptors (Lipinski definition) is 10. The molecule has 0 aromatic heterocycles. The average molecular weight is 475 g/mol. The van der Waals surface area contributed by atoms with Crippen molar-refractivity contribution in [1.82, 2.24) is 0 Å². The van der Waals surface area contributed by atoms with Crippen LogP contribution >= 0.6 is 0 Å². The van der Waals surface area contributed by atoms with Crippen LogP contribution < -0.4 is 0 Å². The van der Waals surface area contributed by atoms with Gasteiger partial charge in [-0.25, -0.2) is 4.79 Å². The van der Waals surface area contributed by atoms with E-state index >= 15 is 0 Å². The molecule has 1 aliphatic heterocycles. The average Bonchev–Trinajstić information content (AvgIpc) is 2.67. The van der Waals surface area contributed by atoms with Gasteiger partial charge in [0.15, 0.2) is 30.7 Å². The van der Waals surface area contributed by atoms with E-state index in [1.807, 2.05) is 0 Å². The third kappa shape index (κ3) is 7.40. The molecular formula is C23H38O10. The zero-order chi connectivity index (χ0) is 25.9. The lowest BCUT2D eigenvalue weighted by atomic mass is 9.93. The van der Waals surface area contributed by atoms with Gasteiger partial charge in [-0.15, -0.1) is 0 Å². The lowest BCUT2D eigenvalue weighted by Gasteiger charge is -2.44. The molecule has 0 bridgehead atoms. The number of methoxy groups -OCH3 is 2. The van der Waals surface area contributed by atoms with Crippen LogP contribution in [0.25, 0.3) is 0 Å². The maximum Gasteiger partial charge on any atom is 0.339 e. The summed E-state index contributed by atoms with van der Waals surface area (Å²) in [5.41, 5.74) is -2.80. The third-order valence-corrected chi connectivity index (χ3v) is 4.73. The molecule has 10 heteroatoms. The first kappa shape index (κ1) is 28.8. The lowest BCUT2D eigenvalue weighted by Crippen LogP contribution is -2.64. The maximum absolute atomic E-state index is 12.8. The van der Waals surface area contributed by atoms with E-state index < -0.39 is 70.8 Å². The van der Waals surface area contributed by atoms with Crippen LogP contribution in [-0.2, 0) is 47.6 Å². The van der Waals surface area contributed by atoms with E-state index in [2.05, 4.69) is 0 Å². The molecule has 0 aliphatic carbocycles. The van der Waals surface area contributed by atoms with Gasteiger partial charge in [-0.1, -0.05) is 0 Å². The molecule has 0 aromatic carbocycles. The molecule has 1 heterocycles. The Labute approximate surface area is 195 Å². The van der Waals surface area contributed by atoms with Crippen LogP contribution in [0.2, 0.25) is 0 Å². The van der Waals surface area contributed by atoms with Crippen molar-refractivity contribution in [2.45, 2.75) is 93.0 Å². The molecule has 5 atom stereocenters. The molecule has 1 rings (SSSR count). The van der Waals surface area contributed by atoms with Gasteiger partial charge in [0.25, 0.3) is 0 Å². The summed E-state index contributed by atoms with van der Waals surface area (Å²) in [4.78, 5) is 50.8. The summed E-state index contributed by atoms with van der Waals surface area (Å²) in [5.74, 6) is -2.85. The Morgan fingerprint density at radius 1 is 0.606 bits per heavy atom. The van der Waals surface area contributed by atoms with Crippen molar-refractivity contribution in [2.75, 3.05) is 14.2 Å². The monoisotopic (exact) mass is 474 g/mol. The first-order chi connectivity index (χ1) is 14.8. The zero-order valence-corrected chi connectivity index (χ0v) is 21.5. The highest BCUT2D eigenvalue weighted by molar-refractivity contribution is 5.80. The van der Waals surface area contributed by atoms with E-state index in [0.29, 0.717) is 0 Å². The van der Waals surface area contributed by atoms with Crippen molar-refractivity contribution in [2.24, 2.45) is 16.2 Å². The summed E-state index contributed by atoms with van der Waals surface area (Å²) in [6.45, 7) is 14.7. The van der Waals surface area contributed by atoms with Crippen LogP contribution in [0.1, 0.15) is 62.3 Å². The summed E-state index contributed by atoms with van der Waals surface area (Å²) >= 11 is 0. The van der Waals surface area contributed by atoms with Crippen molar-refractivity contribution < 1.29 is 47.6 Å². The van der Waals surface area contributed by atoms with Crippen LogP contribution in [0.15, 0.2) is 0 Å². The maximum atomic E-state index is 12.8. The topological polar surface area (TPSA) is 124 Å². The molecule has 0 saturated carbocycles. The Morgan fingerprint density at radius 2 is 0.970 bits per heavy atom. The number of hydrogen-bond donors (Lipinski definition) is 0. The van der Waals surface area contributed by atoms with Crippen LogP contribution in [0.3, 0.4) is 0 Å². The van der Waals surface area contributed by atoms with Crippen molar-refractivity contribution in [3.63, 3.8) is 0 Å². The standard InChI is InChI=1S/C23H38O10/c1-21(2,3)18(25)31-12-13(32-19(26)22(4,5)6)15(33-20(27)23(7,8)9)17(29-11)30-14(12)16(24)28-10/h12-15,17H,1-11H3/t12-,13-,14-,15-,17-/m0/s1. The SMILES string of the molecule is COC(=O)[C@H]1O[C@H](OC)[C@@H](OC(=O)C(C)(C)C)[C@@H](OC(=O)C(C)(C)C)[C@@H]1OC(=O)C(C)(C)C. The molecule has 10 nitrogen and oxygen atoms in total. The molecule has 0 radical (unpaired) electrons. The Balaban J connectivity index is 3.59. The van der Waals surface area contributed by atoms with E-state index in [1.165, 1.54) is 7.11 Å². The van der Waals surface area contributed by atoms with E-state index in [4.69, 9.17) is 28.4 Å². The second-order valence-electron chi connectivity index (χ2n) is 11.0. The molecule has 190 valence electrons. The molecular weight excluding hydrogens is 436 g/mol. The van der Waals surface area contributed by atoms with E-state index in [-0.39, 0.29) is 0 Å². The smallest absolute Gasteiger partial charge is 0.339 e. The fourth-order valence-corrected chi connectivity index (χ4v) is 2.60. The molecule has 1 saturated heterocycles. The molecule has 0 unspecified atom stereocenters. The largest absolute Gasteiger partial charge is 0.467 e. The van der Waals surface area contributed by atoms with E-state index in [1.54, 1.807) is 62.3 Å². The third-order valence-electron chi connectivity index (χ3n) is 4.73. The zero-order valence-electron chi connectivity index (χ0n) is 21.5. The quantitative estimate of drug-likeness (QED) is 0.433. The van der Waals surface area contributed by atoms with Gasteiger partial charge in [-0.3, -0.25) is 14.4 Å². The number of esters is 4. The van der Waals surface area contributed by atoms with Crippen LogP contribution in [0, 0.1) is 16.2 Å². The highest BCUT2D eigenvalue weighted by atomic mass is 16.7. The second-order valence-corrected chi connectivity index (χ2v) is 11.0. The highest BCUT2D eigenvalue weighted by Gasteiger charge is 2.56. The summed E-state index contributed by atoms with van der Waals surface area (Å²) in [6, 6.07) is 0. The van der Waals surface area contributed by atoms with Gasteiger partial charge in [-0.2, -0.15) is 0 Å². The Bertz CT molecular complexity index is 738. The minimum Gasteiger partial charge on any atom is -0.467 e. The minimum atomic E-state index is -1.49. The van der Waals surface area contributed by atoms with Gasteiger partial charge in [0.1, 0.15) is 0 Å². The van der Waals surface area contributed by atoms with Crippen molar-refractivity contribution >= 4 is 23.9 Å². The van der Waals surface area contributed by atoms with Crippen LogP contribution in [0.4, 0.5) is 0 Å². The molecule has 1 fully saturated rings. The Hall–Kier alpha value is -2.20.